The van der Waals surface area contributed by atoms with E-state index in [4.69, 9.17) is 0 Å². The van der Waals surface area contributed by atoms with E-state index in [0.717, 1.165) is 25.3 Å². The highest BCUT2D eigenvalue weighted by molar-refractivity contribution is 8.00. The Morgan fingerprint density at radius 1 is 1.50 bits per heavy atom. The molecule has 0 aromatic rings. The van der Waals surface area contributed by atoms with Crippen molar-refractivity contribution in [2.24, 2.45) is 0 Å². The van der Waals surface area contributed by atoms with Crippen LogP contribution in [0, 0.1) is 0 Å². The van der Waals surface area contributed by atoms with E-state index in [1.165, 1.54) is 7.11 Å². The monoisotopic (exact) mass is 217 g/mol. The van der Waals surface area contributed by atoms with Crippen LogP contribution in [-0.4, -0.2) is 48.1 Å². The van der Waals surface area contributed by atoms with Crippen LogP contribution in [-0.2, 0) is 9.53 Å². The second-order valence-corrected chi connectivity index (χ2v) is 6.01. The van der Waals surface area contributed by atoms with Gasteiger partial charge in [-0.15, -0.1) is 0 Å². The van der Waals surface area contributed by atoms with Crippen LogP contribution in [0.2, 0.25) is 0 Å². The van der Waals surface area contributed by atoms with Gasteiger partial charge in [-0.3, -0.25) is 9.69 Å². The zero-order valence-electron chi connectivity index (χ0n) is 9.21. The molecule has 0 atom stereocenters. The van der Waals surface area contributed by atoms with Gasteiger partial charge in [0.05, 0.1) is 13.7 Å². The predicted octanol–water partition coefficient (Wildman–Crippen LogP) is 1.38. The highest BCUT2D eigenvalue weighted by Crippen LogP contribution is 2.30. The molecule has 0 unspecified atom stereocenters. The third-order valence-corrected chi connectivity index (χ3v) is 3.88. The van der Waals surface area contributed by atoms with E-state index in [0.29, 0.717) is 11.3 Å². The van der Waals surface area contributed by atoms with Gasteiger partial charge in [0.2, 0.25) is 0 Å². The van der Waals surface area contributed by atoms with Crippen LogP contribution < -0.4 is 0 Å². The van der Waals surface area contributed by atoms with Gasteiger partial charge in [-0.05, 0) is 6.42 Å². The Morgan fingerprint density at radius 3 is 2.86 bits per heavy atom. The summed E-state index contributed by atoms with van der Waals surface area (Å²) in [4.78, 5) is 13.3. The van der Waals surface area contributed by atoms with E-state index in [9.17, 15) is 4.79 Å². The van der Waals surface area contributed by atoms with Gasteiger partial charge in [-0.2, -0.15) is 11.8 Å². The fourth-order valence-corrected chi connectivity index (χ4v) is 2.61. The molecule has 1 heterocycles. The minimum Gasteiger partial charge on any atom is -0.468 e. The average molecular weight is 217 g/mol. The van der Waals surface area contributed by atoms with Crippen molar-refractivity contribution in [1.29, 1.82) is 0 Å². The molecule has 3 nitrogen and oxygen atoms in total. The van der Waals surface area contributed by atoms with Crippen LogP contribution >= 0.6 is 11.8 Å². The highest BCUT2D eigenvalue weighted by atomic mass is 32.2. The van der Waals surface area contributed by atoms with Crippen molar-refractivity contribution in [3.8, 4) is 0 Å². The van der Waals surface area contributed by atoms with E-state index >= 15 is 0 Å². The quantitative estimate of drug-likeness (QED) is 0.654. The van der Waals surface area contributed by atoms with Crippen LogP contribution in [0.25, 0.3) is 0 Å². The molecule has 0 aliphatic carbocycles. The number of nitrogens with zero attached hydrogens (tertiary/aromatic N) is 1. The summed E-state index contributed by atoms with van der Waals surface area (Å²) in [5.41, 5.74) is 0. The standard InChI is InChI=1S/C10H19NO2S/c1-10(2)4-5-11(6-7-14-10)8-9(12)13-3/h4-8H2,1-3H3. The zero-order valence-corrected chi connectivity index (χ0v) is 10.0. The molecule has 0 spiro atoms. The van der Waals surface area contributed by atoms with Gasteiger partial charge in [0.25, 0.3) is 0 Å². The maximum absolute atomic E-state index is 11.1. The van der Waals surface area contributed by atoms with Crippen LogP contribution in [0.4, 0.5) is 0 Å². The van der Waals surface area contributed by atoms with Crippen molar-refractivity contribution in [2.45, 2.75) is 25.0 Å². The second kappa shape index (κ2) is 5.03. The number of rotatable bonds is 2. The first-order valence-corrected chi connectivity index (χ1v) is 5.95. The number of methoxy groups -OCH3 is 1. The molecule has 1 aliphatic heterocycles. The second-order valence-electron chi connectivity index (χ2n) is 4.21. The number of ether oxygens (including phenoxy) is 1. The van der Waals surface area contributed by atoms with Gasteiger partial charge in [0.15, 0.2) is 0 Å². The molecule has 1 rings (SSSR count). The summed E-state index contributed by atoms with van der Waals surface area (Å²) in [6.07, 6.45) is 1.13. The van der Waals surface area contributed by atoms with E-state index in [-0.39, 0.29) is 5.97 Å². The highest BCUT2D eigenvalue weighted by Gasteiger charge is 2.24. The van der Waals surface area contributed by atoms with Gasteiger partial charge in [0, 0.05) is 23.6 Å². The SMILES string of the molecule is COC(=O)CN1CCSC(C)(C)CC1. The van der Waals surface area contributed by atoms with E-state index < -0.39 is 0 Å². The molecular weight excluding hydrogens is 198 g/mol. The number of thioether (sulfide) groups is 1. The lowest BCUT2D eigenvalue weighted by Crippen LogP contribution is -2.33. The topological polar surface area (TPSA) is 29.5 Å². The maximum atomic E-state index is 11.1. The van der Waals surface area contributed by atoms with Gasteiger partial charge in [-0.1, -0.05) is 13.8 Å². The summed E-state index contributed by atoms with van der Waals surface area (Å²) in [5, 5.41) is 0. The molecule has 0 amide bonds. The molecule has 0 N–H and O–H groups in total. The third kappa shape index (κ3) is 3.88. The summed E-state index contributed by atoms with van der Waals surface area (Å²) >= 11 is 1.99. The zero-order chi connectivity index (χ0) is 10.6. The van der Waals surface area contributed by atoms with Crippen molar-refractivity contribution in [3.63, 3.8) is 0 Å². The molecule has 1 aliphatic rings. The summed E-state index contributed by atoms with van der Waals surface area (Å²) in [7, 11) is 1.44. The lowest BCUT2D eigenvalue weighted by atomic mass is 10.1. The number of esters is 1. The number of hydrogen-bond acceptors (Lipinski definition) is 4. The smallest absolute Gasteiger partial charge is 0.319 e. The van der Waals surface area contributed by atoms with Crippen LogP contribution in [0.3, 0.4) is 0 Å². The number of hydrogen-bond donors (Lipinski definition) is 0. The number of carbonyl (C=O) groups excluding carboxylic acids is 1. The van der Waals surface area contributed by atoms with Gasteiger partial charge in [0.1, 0.15) is 0 Å². The minimum absolute atomic E-state index is 0.130. The lowest BCUT2D eigenvalue weighted by molar-refractivity contribution is -0.141. The summed E-state index contributed by atoms with van der Waals surface area (Å²) in [6.45, 7) is 6.95. The third-order valence-electron chi connectivity index (χ3n) is 2.51. The summed E-state index contributed by atoms with van der Waals surface area (Å²) in [5.74, 6) is 0.971. The molecule has 1 saturated heterocycles. The Kier molecular flexibility index (Phi) is 4.26. The largest absolute Gasteiger partial charge is 0.468 e. The Balaban J connectivity index is 2.38. The molecule has 4 heteroatoms. The fourth-order valence-electron chi connectivity index (χ4n) is 1.47. The van der Waals surface area contributed by atoms with Crippen molar-refractivity contribution >= 4 is 17.7 Å². The molecular formula is C10H19NO2S. The molecule has 82 valence electrons. The Hall–Kier alpha value is -0.220. The minimum atomic E-state index is -0.130. The summed E-state index contributed by atoms with van der Waals surface area (Å²) in [6, 6.07) is 0. The van der Waals surface area contributed by atoms with Gasteiger partial charge < -0.3 is 4.74 Å². The van der Waals surface area contributed by atoms with Crippen molar-refractivity contribution in [2.75, 3.05) is 32.5 Å². The molecule has 0 bridgehead atoms. The van der Waals surface area contributed by atoms with E-state index in [2.05, 4.69) is 23.5 Å². The lowest BCUT2D eigenvalue weighted by Gasteiger charge is -2.21. The molecule has 14 heavy (non-hydrogen) atoms. The van der Waals surface area contributed by atoms with E-state index in [1.54, 1.807) is 0 Å². The summed E-state index contributed by atoms with van der Waals surface area (Å²) < 4.78 is 5.01. The van der Waals surface area contributed by atoms with Gasteiger partial charge >= 0.3 is 5.97 Å². The average Bonchev–Trinajstić information content (AvgIpc) is 2.28. The molecule has 1 fully saturated rings. The fraction of sp³-hybridized carbons (Fsp3) is 0.900. The molecule has 0 saturated carbocycles. The molecule has 0 aromatic carbocycles. The first-order chi connectivity index (χ1) is 6.53. The van der Waals surface area contributed by atoms with Gasteiger partial charge in [-0.25, -0.2) is 0 Å². The van der Waals surface area contributed by atoms with E-state index in [1.807, 2.05) is 11.8 Å². The first kappa shape index (κ1) is 11.9. The first-order valence-electron chi connectivity index (χ1n) is 4.97. The molecule has 0 aromatic heterocycles. The van der Waals surface area contributed by atoms with Crippen LogP contribution in [0.15, 0.2) is 0 Å². The van der Waals surface area contributed by atoms with Crippen LogP contribution in [0.1, 0.15) is 20.3 Å². The van der Waals surface area contributed by atoms with Crippen molar-refractivity contribution in [3.05, 3.63) is 0 Å². The normalized spacial score (nSPS) is 22.8. The van der Waals surface area contributed by atoms with Crippen molar-refractivity contribution < 1.29 is 9.53 Å². The maximum Gasteiger partial charge on any atom is 0.319 e. The predicted molar refractivity (Wildman–Crippen MR) is 59.6 cm³/mol. The Bertz CT molecular complexity index is 206. The number of carbonyl (C=O) groups is 1. The Labute approximate surface area is 90.2 Å². The van der Waals surface area contributed by atoms with Crippen LogP contribution in [0.5, 0.6) is 0 Å². The van der Waals surface area contributed by atoms with Crippen molar-refractivity contribution in [1.82, 2.24) is 4.90 Å². The molecule has 0 radical (unpaired) electrons. The Morgan fingerprint density at radius 2 is 2.21 bits per heavy atom.